The van der Waals surface area contributed by atoms with Gasteiger partial charge in [-0.1, -0.05) is 53.2 Å². The fourth-order valence-corrected chi connectivity index (χ4v) is 2.38. The van der Waals surface area contributed by atoms with Crippen molar-refractivity contribution >= 4 is 11.0 Å². The summed E-state index contributed by atoms with van der Waals surface area (Å²) in [4.78, 5) is 4.85. The van der Waals surface area contributed by atoms with Crippen LogP contribution in [0.5, 0.6) is 0 Å². The normalized spacial score (nSPS) is 13.2. The Kier molecular flexibility index (Phi) is 5.64. The molecule has 2 aromatic rings. The first-order chi connectivity index (χ1) is 8.90. The molecule has 2 nitrogen and oxygen atoms in total. The topological polar surface area (TPSA) is 17.8 Å². The number of para-hydroxylation sites is 2. The van der Waals surface area contributed by atoms with Crippen molar-refractivity contribution in [3.63, 3.8) is 0 Å². The molecular weight excluding hydrogens is 268 g/mol. The van der Waals surface area contributed by atoms with Gasteiger partial charge in [-0.25, -0.2) is 4.98 Å². The molecule has 20 heavy (non-hydrogen) atoms. The first-order valence-electron chi connectivity index (χ1n) is 7.35. The van der Waals surface area contributed by atoms with Gasteiger partial charge in [0.2, 0.25) is 0 Å². The maximum absolute atomic E-state index is 4.85. The van der Waals surface area contributed by atoms with Gasteiger partial charge in [0.1, 0.15) is 5.82 Å². The fraction of sp³-hybridized carbons (Fsp3) is 0.588. The van der Waals surface area contributed by atoms with Gasteiger partial charge in [0.05, 0.1) is 11.0 Å². The molecule has 1 unspecified atom stereocenters. The minimum absolute atomic E-state index is 0. The number of halogens is 1. The second-order valence-electron chi connectivity index (χ2n) is 6.88. The summed E-state index contributed by atoms with van der Waals surface area (Å²) in [6, 6.07) is 8.49. The predicted molar refractivity (Wildman–Crippen MR) is 82.3 cm³/mol. The van der Waals surface area contributed by atoms with Gasteiger partial charge in [0, 0.05) is 13.0 Å². The summed E-state index contributed by atoms with van der Waals surface area (Å²) in [6.07, 6.45) is 2.24. The molecule has 3 heteroatoms. The van der Waals surface area contributed by atoms with E-state index in [4.69, 9.17) is 4.98 Å². The summed E-state index contributed by atoms with van der Waals surface area (Å²) in [7, 11) is 0. The van der Waals surface area contributed by atoms with Crippen molar-refractivity contribution in [2.45, 2.75) is 54.0 Å². The van der Waals surface area contributed by atoms with E-state index in [2.05, 4.69) is 63.5 Å². The Balaban J connectivity index is 0.00000200. The number of imidazole rings is 1. The molecule has 0 bridgehead atoms. The van der Waals surface area contributed by atoms with E-state index < -0.39 is 0 Å². The lowest BCUT2D eigenvalue weighted by Gasteiger charge is -2.20. The van der Waals surface area contributed by atoms with Crippen LogP contribution in [0.3, 0.4) is 0 Å². The van der Waals surface area contributed by atoms with Crippen LogP contribution in [0.1, 0.15) is 46.9 Å². The number of benzene rings is 1. The Morgan fingerprint density at radius 1 is 1.20 bits per heavy atom. The summed E-state index contributed by atoms with van der Waals surface area (Å²) in [5.41, 5.74) is 2.68. The number of hydrogen-bond acceptors (Lipinski definition) is 1. The molecule has 112 valence electrons. The maximum atomic E-state index is 4.85. The Bertz CT molecular complexity index is 552. The molecule has 0 spiro atoms. The first-order valence-corrected chi connectivity index (χ1v) is 7.35. The summed E-state index contributed by atoms with van der Waals surface area (Å²) in [5.74, 6) is 1.92. The van der Waals surface area contributed by atoms with E-state index >= 15 is 0 Å². The van der Waals surface area contributed by atoms with Crippen LogP contribution in [0.4, 0.5) is 0 Å². The van der Waals surface area contributed by atoms with Crippen molar-refractivity contribution in [2.75, 3.05) is 0 Å². The van der Waals surface area contributed by atoms with Crippen molar-refractivity contribution in [1.29, 1.82) is 0 Å². The van der Waals surface area contributed by atoms with E-state index in [0.29, 0.717) is 5.92 Å². The van der Waals surface area contributed by atoms with Crippen LogP contribution >= 0.6 is 0 Å². The van der Waals surface area contributed by atoms with Crippen LogP contribution in [0.15, 0.2) is 24.3 Å². The molecule has 0 saturated carbocycles. The van der Waals surface area contributed by atoms with Crippen LogP contribution in [0.2, 0.25) is 0 Å². The molecule has 0 saturated heterocycles. The highest BCUT2D eigenvalue weighted by atomic mass is 35.5. The van der Waals surface area contributed by atoms with Gasteiger partial charge in [-0.2, -0.15) is 0 Å². The highest BCUT2D eigenvalue weighted by molar-refractivity contribution is 5.75. The van der Waals surface area contributed by atoms with Crippen LogP contribution in [-0.4, -0.2) is 9.55 Å². The third-order valence-corrected chi connectivity index (χ3v) is 3.61. The Morgan fingerprint density at radius 3 is 2.45 bits per heavy atom. The molecule has 0 amide bonds. The van der Waals surface area contributed by atoms with Gasteiger partial charge >= 0.3 is 0 Å². The summed E-state index contributed by atoms with van der Waals surface area (Å²) >= 11 is 0. The smallest absolute Gasteiger partial charge is 0.110 e. The van der Waals surface area contributed by atoms with Crippen molar-refractivity contribution in [3.8, 4) is 0 Å². The third-order valence-electron chi connectivity index (χ3n) is 3.61. The van der Waals surface area contributed by atoms with Crippen LogP contribution < -0.4 is 12.4 Å². The van der Waals surface area contributed by atoms with Gasteiger partial charge in [0.25, 0.3) is 0 Å². The molecule has 0 aliphatic heterocycles. The molecule has 0 aliphatic carbocycles. The number of nitrogens with zero attached hydrogens (tertiary/aromatic N) is 2. The van der Waals surface area contributed by atoms with Crippen molar-refractivity contribution in [1.82, 2.24) is 9.55 Å². The standard InChI is InChI=1S/C17H26N2.ClH/c1-6-13(2)12-19-15-10-8-7-9-14(15)18-16(19)11-17(3,4)5;/h7-10,13H,6,11-12H2,1-5H3;1H/p-1. The van der Waals surface area contributed by atoms with E-state index in [1.165, 1.54) is 17.8 Å². The van der Waals surface area contributed by atoms with E-state index in [9.17, 15) is 0 Å². The highest BCUT2D eigenvalue weighted by Crippen LogP contribution is 2.25. The molecule has 0 N–H and O–H groups in total. The lowest BCUT2D eigenvalue weighted by atomic mass is 9.92. The van der Waals surface area contributed by atoms with E-state index in [0.717, 1.165) is 18.5 Å². The average molecular weight is 294 g/mol. The second-order valence-corrected chi connectivity index (χ2v) is 6.88. The average Bonchev–Trinajstić information content (AvgIpc) is 2.65. The van der Waals surface area contributed by atoms with Crippen molar-refractivity contribution in [3.05, 3.63) is 30.1 Å². The molecule has 1 aromatic heterocycles. The van der Waals surface area contributed by atoms with E-state index in [-0.39, 0.29) is 17.8 Å². The van der Waals surface area contributed by atoms with Crippen molar-refractivity contribution < 1.29 is 12.4 Å². The summed E-state index contributed by atoms with van der Waals surface area (Å²) in [6.45, 7) is 12.5. The van der Waals surface area contributed by atoms with Crippen LogP contribution in [-0.2, 0) is 13.0 Å². The number of fused-ring (bicyclic) bond motifs is 1. The van der Waals surface area contributed by atoms with Crippen molar-refractivity contribution in [2.24, 2.45) is 11.3 Å². The lowest BCUT2D eigenvalue weighted by Crippen LogP contribution is -3.00. The largest absolute Gasteiger partial charge is 1.00 e. The zero-order valence-electron chi connectivity index (χ0n) is 13.3. The molecular formula is C17H26ClN2-. The molecule has 0 radical (unpaired) electrons. The number of aromatic nitrogens is 2. The monoisotopic (exact) mass is 293 g/mol. The molecule has 1 atom stereocenters. The van der Waals surface area contributed by atoms with Gasteiger partial charge < -0.3 is 17.0 Å². The van der Waals surface area contributed by atoms with Gasteiger partial charge in [-0.3, -0.25) is 0 Å². The fourth-order valence-electron chi connectivity index (χ4n) is 2.38. The third kappa shape index (κ3) is 3.99. The minimum atomic E-state index is 0. The molecule has 1 heterocycles. The SMILES string of the molecule is CCC(C)Cn1c(CC(C)(C)C)nc2ccccc21.[Cl-]. The number of hydrogen-bond donors (Lipinski definition) is 0. The predicted octanol–water partition coefficient (Wildman–Crippen LogP) is 1.67. The Morgan fingerprint density at radius 2 is 1.85 bits per heavy atom. The van der Waals surface area contributed by atoms with E-state index in [1.54, 1.807) is 0 Å². The molecule has 2 rings (SSSR count). The minimum Gasteiger partial charge on any atom is -1.00 e. The van der Waals surface area contributed by atoms with Gasteiger partial charge in [-0.05, 0) is 23.5 Å². The second kappa shape index (κ2) is 6.62. The zero-order valence-corrected chi connectivity index (χ0v) is 14.0. The summed E-state index contributed by atoms with van der Waals surface area (Å²) < 4.78 is 2.43. The molecule has 1 aromatic carbocycles. The first kappa shape index (κ1) is 17.0. The lowest BCUT2D eigenvalue weighted by molar-refractivity contribution is -0.00000505. The highest BCUT2D eigenvalue weighted by Gasteiger charge is 2.18. The molecule has 0 fully saturated rings. The maximum Gasteiger partial charge on any atom is 0.110 e. The van der Waals surface area contributed by atoms with Gasteiger partial charge in [0.15, 0.2) is 0 Å². The zero-order chi connectivity index (χ0) is 14.0. The van der Waals surface area contributed by atoms with Gasteiger partial charge in [-0.15, -0.1) is 0 Å². The quantitative estimate of drug-likeness (QED) is 0.839. The van der Waals surface area contributed by atoms with Crippen LogP contribution in [0.25, 0.3) is 11.0 Å². The Hall–Kier alpha value is -1.02. The van der Waals surface area contributed by atoms with E-state index in [1.807, 2.05) is 0 Å². The number of rotatable bonds is 4. The summed E-state index contributed by atoms with van der Waals surface area (Å²) in [5, 5.41) is 0. The van der Waals surface area contributed by atoms with Crippen LogP contribution in [0, 0.1) is 11.3 Å². The molecule has 0 aliphatic rings. The Labute approximate surface area is 129 Å².